The molecule has 3 nitrogen and oxygen atoms in total. The molecular weight excluding hydrogens is 364 g/mol. The molecule has 0 aliphatic heterocycles. The minimum Gasteiger partial charge on any atom is -0.478 e. The lowest BCUT2D eigenvalue weighted by atomic mass is 10.1. The molecule has 0 radical (unpaired) electrons. The number of hydrogen-bond acceptors (Lipinski definition) is 2. The van der Waals surface area contributed by atoms with Gasteiger partial charge in [-0.25, -0.2) is 18.6 Å². The number of halogens is 6. The van der Waals surface area contributed by atoms with Crippen LogP contribution in [0, 0.1) is 3.70 Å². The fraction of sp³-hybridized carbons (Fsp3) is 0.250. The molecular formula is C8H3F5INO2. The summed E-state index contributed by atoms with van der Waals surface area (Å²) in [6, 6.07) is 0.296. The first-order valence-electron chi connectivity index (χ1n) is 3.93. The summed E-state index contributed by atoms with van der Waals surface area (Å²) in [4.78, 5) is 13.5. The van der Waals surface area contributed by atoms with Crippen LogP contribution >= 0.6 is 22.6 Å². The standard InChI is InChI=1S/C8H3F5INO2/c9-5(10)2-1-3(7(16)17)6(14)15-4(2)8(11,12)13/h1,5H,(H,16,17). The van der Waals surface area contributed by atoms with Gasteiger partial charge in [-0.05, 0) is 28.7 Å². The predicted octanol–water partition coefficient (Wildman–Crippen LogP) is 3.34. The molecule has 17 heavy (non-hydrogen) atoms. The van der Waals surface area contributed by atoms with Crippen LogP contribution in [0.3, 0.4) is 0 Å². The minimum absolute atomic E-state index is 0.296. The van der Waals surface area contributed by atoms with Crippen LogP contribution in [0.5, 0.6) is 0 Å². The summed E-state index contributed by atoms with van der Waals surface area (Å²) in [5.41, 5.74) is -3.88. The molecule has 9 heteroatoms. The summed E-state index contributed by atoms with van der Waals surface area (Å²) < 4.78 is 61.4. The van der Waals surface area contributed by atoms with Crippen LogP contribution in [0.25, 0.3) is 0 Å². The number of aromatic nitrogens is 1. The molecule has 0 aliphatic rings. The van der Waals surface area contributed by atoms with Gasteiger partial charge in [0.2, 0.25) is 0 Å². The van der Waals surface area contributed by atoms with Gasteiger partial charge in [-0.2, -0.15) is 13.2 Å². The van der Waals surface area contributed by atoms with Crippen molar-refractivity contribution in [1.82, 2.24) is 4.98 Å². The summed E-state index contributed by atoms with van der Waals surface area (Å²) >= 11 is 1.24. The fourth-order valence-corrected chi connectivity index (χ4v) is 1.68. The molecule has 1 aromatic rings. The van der Waals surface area contributed by atoms with E-state index in [1.807, 2.05) is 0 Å². The first-order chi connectivity index (χ1) is 7.64. The van der Waals surface area contributed by atoms with E-state index < -0.39 is 39.1 Å². The quantitative estimate of drug-likeness (QED) is 0.496. The van der Waals surface area contributed by atoms with E-state index >= 15 is 0 Å². The second-order valence-electron chi connectivity index (χ2n) is 2.87. The molecule has 0 spiro atoms. The third-order valence-electron chi connectivity index (χ3n) is 1.74. The number of carbonyl (C=O) groups is 1. The Morgan fingerprint density at radius 2 is 1.94 bits per heavy atom. The van der Waals surface area contributed by atoms with Crippen molar-refractivity contribution in [1.29, 1.82) is 0 Å². The van der Waals surface area contributed by atoms with Crippen molar-refractivity contribution in [2.75, 3.05) is 0 Å². The van der Waals surface area contributed by atoms with Crippen molar-refractivity contribution in [3.8, 4) is 0 Å². The van der Waals surface area contributed by atoms with Crippen LogP contribution in [0.15, 0.2) is 6.07 Å². The van der Waals surface area contributed by atoms with Gasteiger partial charge in [0.05, 0.1) is 5.56 Å². The third kappa shape index (κ3) is 3.01. The Kier molecular flexibility index (Phi) is 3.89. The third-order valence-corrected chi connectivity index (χ3v) is 2.56. The maximum atomic E-state index is 12.4. The van der Waals surface area contributed by atoms with Gasteiger partial charge in [0.15, 0.2) is 5.69 Å². The Hall–Kier alpha value is -1.00. The highest BCUT2D eigenvalue weighted by atomic mass is 127. The van der Waals surface area contributed by atoms with Gasteiger partial charge in [0.25, 0.3) is 6.43 Å². The highest BCUT2D eigenvalue weighted by Crippen LogP contribution is 2.36. The second-order valence-corrected chi connectivity index (χ2v) is 3.89. The average Bonchev–Trinajstić information content (AvgIpc) is 2.14. The van der Waals surface area contributed by atoms with Gasteiger partial charge in [-0.3, -0.25) is 0 Å². The summed E-state index contributed by atoms with van der Waals surface area (Å²) in [5.74, 6) is -1.61. The number of alkyl halides is 5. The Bertz CT molecular complexity index is 460. The molecule has 1 N–H and O–H groups in total. The lowest BCUT2D eigenvalue weighted by Crippen LogP contribution is -2.16. The van der Waals surface area contributed by atoms with Crippen LogP contribution in [-0.2, 0) is 6.18 Å². The molecule has 0 bridgehead atoms. The molecule has 0 aliphatic carbocycles. The van der Waals surface area contributed by atoms with Crippen molar-refractivity contribution in [2.45, 2.75) is 12.6 Å². The summed E-state index contributed by atoms with van der Waals surface area (Å²) in [6.07, 6.45) is -8.50. The van der Waals surface area contributed by atoms with Crippen LogP contribution in [0.2, 0.25) is 0 Å². The van der Waals surface area contributed by atoms with E-state index in [-0.39, 0.29) is 0 Å². The van der Waals surface area contributed by atoms with Crippen molar-refractivity contribution in [3.63, 3.8) is 0 Å². The number of aromatic carboxylic acids is 1. The predicted molar refractivity (Wildman–Crippen MR) is 53.9 cm³/mol. The van der Waals surface area contributed by atoms with Crippen molar-refractivity contribution in [3.05, 3.63) is 26.6 Å². The molecule has 94 valence electrons. The largest absolute Gasteiger partial charge is 0.478 e. The Labute approximate surface area is 105 Å². The van der Waals surface area contributed by atoms with Crippen molar-refractivity contribution < 1.29 is 31.9 Å². The molecule has 1 heterocycles. The number of pyridine rings is 1. The van der Waals surface area contributed by atoms with Crippen LogP contribution in [0.4, 0.5) is 22.0 Å². The molecule has 0 atom stereocenters. The maximum absolute atomic E-state index is 12.4. The van der Waals surface area contributed by atoms with Gasteiger partial charge >= 0.3 is 12.1 Å². The Morgan fingerprint density at radius 3 is 2.29 bits per heavy atom. The molecule has 0 saturated carbocycles. The number of rotatable bonds is 2. The summed E-state index contributed by atoms with van der Waals surface area (Å²) in [5, 5.41) is 8.59. The van der Waals surface area contributed by atoms with E-state index in [0.29, 0.717) is 6.07 Å². The lowest BCUT2D eigenvalue weighted by molar-refractivity contribution is -0.143. The van der Waals surface area contributed by atoms with E-state index in [1.54, 1.807) is 0 Å². The van der Waals surface area contributed by atoms with Gasteiger partial charge in [0.1, 0.15) is 3.70 Å². The first kappa shape index (κ1) is 14.1. The normalized spacial score (nSPS) is 11.9. The maximum Gasteiger partial charge on any atom is 0.433 e. The van der Waals surface area contributed by atoms with E-state index in [4.69, 9.17) is 5.11 Å². The van der Waals surface area contributed by atoms with E-state index in [9.17, 15) is 26.7 Å². The summed E-state index contributed by atoms with van der Waals surface area (Å²) in [6.45, 7) is 0. The zero-order chi connectivity index (χ0) is 13.4. The second kappa shape index (κ2) is 4.70. The van der Waals surface area contributed by atoms with Crippen molar-refractivity contribution in [2.24, 2.45) is 0 Å². The van der Waals surface area contributed by atoms with Crippen LogP contribution in [0.1, 0.15) is 28.0 Å². The molecule has 0 aromatic carbocycles. The van der Waals surface area contributed by atoms with E-state index in [1.165, 1.54) is 22.6 Å². The topological polar surface area (TPSA) is 50.2 Å². The Balaban J connectivity index is 3.53. The average molecular weight is 367 g/mol. The highest BCUT2D eigenvalue weighted by molar-refractivity contribution is 14.1. The number of nitrogens with zero attached hydrogens (tertiary/aromatic N) is 1. The van der Waals surface area contributed by atoms with Gasteiger partial charge in [-0.1, -0.05) is 0 Å². The van der Waals surface area contributed by atoms with Crippen LogP contribution in [-0.4, -0.2) is 16.1 Å². The molecule has 0 unspecified atom stereocenters. The summed E-state index contributed by atoms with van der Waals surface area (Å²) in [7, 11) is 0. The van der Waals surface area contributed by atoms with Crippen molar-refractivity contribution >= 4 is 28.6 Å². The fourth-order valence-electron chi connectivity index (χ4n) is 1.05. The number of hydrogen-bond donors (Lipinski definition) is 1. The minimum atomic E-state index is -5.05. The molecule has 0 saturated heterocycles. The monoisotopic (exact) mass is 367 g/mol. The Morgan fingerprint density at radius 1 is 1.41 bits per heavy atom. The van der Waals surface area contributed by atoms with E-state index in [0.717, 1.165) is 0 Å². The SMILES string of the molecule is O=C(O)c1cc(C(F)F)c(C(F)(F)F)nc1I. The van der Waals surface area contributed by atoms with Crippen LogP contribution < -0.4 is 0 Å². The lowest BCUT2D eigenvalue weighted by Gasteiger charge is -2.12. The zero-order valence-electron chi connectivity index (χ0n) is 7.73. The number of carboxylic acid groups (broad SMARTS) is 1. The van der Waals surface area contributed by atoms with E-state index in [2.05, 4.69) is 4.98 Å². The van der Waals surface area contributed by atoms with Gasteiger partial charge in [-0.15, -0.1) is 0 Å². The molecule has 0 amide bonds. The first-order valence-corrected chi connectivity index (χ1v) is 5.01. The highest BCUT2D eigenvalue weighted by Gasteiger charge is 2.39. The van der Waals surface area contributed by atoms with Gasteiger partial charge < -0.3 is 5.11 Å². The molecule has 1 rings (SSSR count). The molecule has 1 aromatic heterocycles. The number of carboxylic acids is 1. The van der Waals surface area contributed by atoms with Gasteiger partial charge in [0, 0.05) is 5.56 Å². The smallest absolute Gasteiger partial charge is 0.433 e. The zero-order valence-corrected chi connectivity index (χ0v) is 9.88. The molecule has 0 fully saturated rings.